The number of aliphatic hydroxyl groups excluding tert-OH is 1. The summed E-state index contributed by atoms with van der Waals surface area (Å²) in [4.78, 5) is 15.5. The van der Waals surface area contributed by atoms with Gasteiger partial charge in [0, 0.05) is 32.7 Å². The van der Waals surface area contributed by atoms with Crippen LogP contribution in [0.15, 0.2) is 0 Å². The molecular weight excluding hydrogens is 288 g/mol. The number of rotatable bonds is 4. The first kappa shape index (κ1) is 15.3. The quantitative estimate of drug-likeness (QED) is 0.720. The molecule has 1 amide bonds. The first-order chi connectivity index (χ1) is 7.93. The molecule has 0 aliphatic carbocycles. The van der Waals surface area contributed by atoms with E-state index >= 15 is 0 Å². The monoisotopic (exact) mass is 303 g/mol. The Hall–Kier alpha value is 0.220. The van der Waals surface area contributed by atoms with Crippen LogP contribution >= 0.6 is 34.8 Å². The molecule has 1 saturated heterocycles. The van der Waals surface area contributed by atoms with Crippen LogP contribution in [0.25, 0.3) is 0 Å². The molecule has 17 heavy (non-hydrogen) atoms. The fourth-order valence-electron chi connectivity index (χ4n) is 1.60. The minimum absolute atomic E-state index is 0.171. The maximum atomic E-state index is 11.3. The summed E-state index contributed by atoms with van der Waals surface area (Å²) in [7, 11) is 0. The Kier molecular flexibility index (Phi) is 6.26. The van der Waals surface area contributed by atoms with E-state index in [1.165, 1.54) is 0 Å². The van der Waals surface area contributed by atoms with Gasteiger partial charge < -0.3 is 10.4 Å². The molecule has 8 heteroatoms. The number of halogens is 3. The molecule has 0 bridgehead atoms. The lowest BCUT2D eigenvalue weighted by molar-refractivity contribution is -0.121. The van der Waals surface area contributed by atoms with Crippen LogP contribution in [0.1, 0.15) is 0 Å². The Balaban J connectivity index is 2.21. The highest BCUT2D eigenvalue weighted by Gasteiger charge is 2.30. The number of amides is 1. The van der Waals surface area contributed by atoms with E-state index in [1.807, 2.05) is 0 Å². The van der Waals surface area contributed by atoms with Crippen molar-refractivity contribution in [2.24, 2.45) is 0 Å². The third-order valence-electron chi connectivity index (χ3n) is 2.60. The van der Waals surface area contributed by atoms with Crippen molar-refractivity contribution in [1.82, 2.24) is 15.1 Å². The number of piperazine rings is 1. The molecule has 0 atom stereocenters. The zero-order chi connectivity index (χ0) is 12.9. The highest BCUT2D eigenvalue weighted by atomic mass is 35.6. The lowest BCUT2D eigenvalue weighted by Crippen LogP contribution is -2.51. The molecule has 1 aliphatic heterocycles. The van der Waals surface area contributed by atoms with E-state index < -0.39 is 9.70 Å². The van der Waals surface area contributed by atoms with E-state index in [9.17, 15) is 4.79 Å². The van der Waals surface area contributed by atoms with Crippen LogP contribution in [0.5, 0.6) is 0 Å². The average Bonchev–Trinajstić information content (AvgIpc) is 2.27. The standard InChI is InChI=1S/C9H16Cl3N3O2/c10-9(11,12)8(17)13-7-15-3-1-14(2-4-15)5-6-16/h16H,1-7H2,(H,13,17). The van der Waals surface area contributed by atoms with Gasteiger partial charge in [-0.05, 0) is 0 Å². The Labute approximate surface area is 116 Å². The third-order valence-corrected chi connectivity index (χ3v) is 3.12. The van der Waals surface area contributed by atoms with Gasteiger partial charge >= 0.3 is 0 Å². The van der Waals surface area contributed by atoms with E-state index in [2.05, 4.69) is 15.1 Å². The molecule has 0 spiro atoms. The van der Waals surface area contributed by atoms with Gasteiger partial charge in [0.15, 0.2) is 0 Å². The van der Waals surface area contributed by atoms with Crippen LogP contribution in [0.4, 0.5) is 0 Å². The largest absolute Gasteiger partial charge is 0.395 e. The third kappa shape index (κ3) is 5.59. The summed E-state index contributed by atoms with van der Waals surface area (Å²) in [6.07, 6.45) is 0. The van der Waals surface area contributed by atoms with Crippen LogP contribution < -0.4 is 5.32 Å². The molecule has 0 aromatic heterocycles. The predicted octanol–water partition coefficient (Wildman–Crippen LogP) is 0.0402. The molecular formula is C9H16Cl3N3O2. The van der Waals surface area contributed by atoms with E-state index in [0.29, 0.717) is 13.2 Å². The topological polar surface area (TPSA) is 55.8 Å². The van der Waals surface area contributed by atoms with E-state index in [0.717, 1.165) is 26.2 Å². The van der Waals surface area contributed by atoms with Gasteiger partial charge in [0.25, 0.3) is 9.70 Å². The van der Waals surface area contributed by atoms with E-state index in [1.54, 1.807) is 0 Å². The Morgan fingerprint density at radius 3 is 2.18 bits per heavy atom. The lowest BCUT2D eigenvalue weighted by Gasteiger charge is -2.34. The second-order valence-corrected chi connectivity index (χ2v) is 6.13. The second kappa shape index (κ2) is 6.97. The maximum Gasteiger partial charge on any atom is 0.273 e. The minimum Gasteiger partial charge on any atom is -0.395 e. The first-order valence-electron chi connectivity index (χ1n) is 5.34. The summed E-state index contributed by atoms with van der Waals surface area (Å²) in [5, 5.41) is 11.4. The van der Waals surface area contributed by atoms with Crippen molar-refractivity contribution in [3.8, 4) is 0 Å². The fourth-order valence-corrected chi connectivity index (χ4v) is 1.80. The zero-order valence-electron chi connectivity index (χ0n) is 9.33. The van der Waals surface area contributed by atoms with E-state index in [4.69, 9.17) is 39.9 Å². The van der Waals surface area contributed by atoms with Gasteiger partial charge in [0.05, 0.1) is 13.3 Å². The molecule has 0 aromatic carbocycles. The van der Waals surface area contributed by atoms with Crippen molar-refractivity contribution in [3.05, 3.63) is 0 Å². The number of hydrogen-bond acceptors (Lipinski definition) is 4. The van der Waals surface area contributed by atoms with Crippen LogP contribution in [-0.2, 0) is 4.79 Å². The summed E-state index contributed by atoms with van der Waals surface area (Å²) in [6.45, 7) is 4.60. The normalized spacial score (nSPS) is 19.3. The SMILES string of the molecule is O=C(NCN1CCN(CCO)CC1)C(Cl)(Cl)Cl. The first-order valence-corrected chi connectivity index (χ1v) is 6.47. The van der Waals surface area contributed by atoms with Crippen molar-refractivity contribution in [3.63, 3.8) is 0 Å². The number of carbonyl (C=O) groups is 1. The number of aliphatic hydroxyl groups is 1. The Morgan fingerprint density at radius 2 is 1.71 bits per heavy atom. The molecule has 1 heterocycles. The molecule has 0 saturated carbocycles. The minimum atomic E-state index is -1.90. The predicted molar refractivity (Wildman–Crippen MR) is 68.4 cm³/mol. The highest BCUT2D eigenvalue weighted by Crippen LogP contribution is 2.25. The number of carbonyl (C=O) groups excluding carboxylic acids is 1. The Bertz CT molecular complexity index is 252. The van der Waals surface area contributed by atoms with Gasteiger partial charge in [-0.3, -0.25) is 14.6 Å². The van der Waals surface area contributed by atoms with Gasteiger partial charge in [0.1, 0.15) is 0 Å². The van der Waals surface area contributed by atoms with Crippen LogP contribution in [0.3, 0.4) is 0 Å². The summed E-state index contributed by atoms with van der Waals surface area (Å²) >= 11 is 16.3. The smallest absolute Gasteiger partial charge is 0.273 e. The number of nitrogens with one attached hydrogen (secondary N) is 1. The van der Waals surface area contributed by atoms with Crippen molar-refractivity contribution in [2.45, 2.75) is 3.79 Å². The van der Waals surface area contributed by atoms with Crippen LogP contribution in [0, 0.1) is 0 Å². The van der Waals surface area contributed by atoms with Gasteiger partial charge in [-0.25, -0.2) is 0 Å². The molecule has 0 unspecified atom stereocenters. The molecule has 1 aliphatic rings. The number of hydrogen-bond donors (Lipinski definition) is 2. The van der Waals surface area contributed by atoms with E-state index in [-0.39, 0.29) is 6.61 Å². The van der Waals surface area contributed by atoms with Crippen LogP contribution in [-0.4, -0.2) is 70.6 Å². The molecule has 1 fully saturated rings. The maximum absolute atomic E-state index is 11.3. The van der Waals surface area contributed by atoms with Crippen molar-refractivity contribution in [2.75, 3.05) is 46.0 Å². The molecule has 1 rings (SSSR count). The molecule has 100 valence electrons. The zero-order valence-corrected chi connectivity index (χ0v) is 11.6. The van der Waals surface area contributed by atoms with Gasteiger partial charge in [-0.2, -0.15) is 0 Å². The van der Waals surface area contributed by atoms with Gasteiger partial charge in [0.2, 0.25) is 0 Å². The van der Waals surface area contributed by atoms with Crippen molar-refractivity contribution < 1.29 is 9.90 Å². The summed E-state index contributed by atoms with van der Waals surface area (Å²) in [5.74, 6) is -0.611. The summed E-state index contributed by atoms with van der Waals surface area (Å²) < 4.78 is -1.90. The highest BCUT2D eigenvalue weighted by molar-refractivity contribution is 6.76. The lowest BCUT2D eigenvalue weighted by atomic mass is 10.3. The average molecular weight is 305 g/mol. The summed E-state index contributed by atoms with van der Waals surface area (Å²) in [5.41, 5.74) is 0. The number of alkyl halides is 3. The number of nitrogens with zero attached hydrogens (tertiary/aromatic N) is 2. The van der Waals surface area contributed by atoms with Crippen molar-refractivity contribution >= 4 is 40.7 Å². The van der Waals surface area contributed by atoms with Crippen molar-refractivity contribution in [1.29, 1.82) is 0 Å². The van der Waals surface area contributed by atoms with Crippen LogP contribution in [0.2, 0.25) is 0 Å². The Morgan fingerprint density at radius 1 is 1.18 bits per heavy atom. The summed E-state index contributed by atoms with van der Waals surface area (Å²) in [6, 6.07) is 0. The molecule has 2 N–H and O–H groups in total. The fraction of sp³-hybridized carbons (Fsp3) is 0.889. The second-order valence-electron chi connectivity index (χ2n) is 3.85. The van der Waals surface area contributed by atoms with Gasteiger partial charge in [-0.15, -0.1) is 0 Å². The van der Waals surface area contributed by atoms with Gasteiger partial charge in [-0.1, -0.05) is 34.8 Å². The molecule has 0 aromatic rings. The molecule has 5 nitrogen and oxygen atoms in total. The number of β-amino-alcohol motifs (C(OH)–C–C–N with tert-alkyl or cyclic N) is 1. The molecule has 0 radical (unpaired) electrons.